The van der Waals surface area contributed by atoms with Crippen LogP contribution >= 0.6 is 0 Å². The molecule has 1 aliphatic rings. The third-order valence-corrected chi connectivity index (χ3v) is 10.7. The first-order valence-corrected chi connectivity index (χ1v) is 23.7. The molecule has 58 heavy (non-hydrogen) atoms. The Bertz CT molecular complexity index is 1030. The van der Waals surface area contributed by atoms with Crippen molar-refractivity contribution in [2.75, 3.05) is 26.4 Å². The van der Waals surface area contributed by atoms with E-state index in [1.807, 2.05) is 0 Å². The standard InChI is InChI=1S/C49H88O9/c1-3-5-7-9-11-13-15-17-19-21-23-25-27-29-31-33-35-37-39-55-41-43(42-56-49-48(54)47(53)46(52)44(40-50)58-49)57-45(51)38-36-34-32-30-28-26-24-22-20-18-16-14-12-10-8-6-4-2/h5,7,11,13,17-20,43-44,46-50,52-54H,3-4,6,8-10,12,14-16,21-42H2,1-2H3/b7-5-,13-11-,19-17-,20-18-. The maximum Gasteiger partial charge on any atom is 0.306 e. The van der Waals surface area contributed by atoms with Crippen LogP contribution in [0, 0.1) is 0 Å². The van der Waals surface area contributed by atoms with Crippen LogP contribution in [0.4, 0.5) is 0 Å². The largest absolute Gasteiger partial charge is 0.457 e. The van der Waals surface area contributed by atoms with Gasteiger partial charge < -0.3 is 39.4 Å². The predicted molar refractivity (Wildman–Crippen MR) is 238 cm³/mol. The van der Waals surface area contributed by atoms with Gasteiger partial charge in [0.25, 0.3) is 0 Å². The molecule has 338 valence electrons. The number of carbonyl (C=O) groups excluding carboxylic acids is 1. The average Bonchev–Trinajstić information content (AvgIpc) is 3.22. The molecule has 0 amide bonds. The number of hydrogen-bond acceptors (Lipinski definition) is 9. The van der Waals surface area contributed by atoms with Crippen molar-refractivity contribution in [2.45, 2.75) is 230 Å². The molecule has 4 N–H and O–H groups in total. The molecule has 0 spiro atoms. The van der Waals surface area contributed by atoms with Gasteiger partial charge in [0.05, 0.1) is 19.8 Å². The molecule has 1 rings (SSSR count). The highest BCUT2D eigenvalue weighted by molar-refractivity contribution is 5.69. The summed E-state index contributed by atoms with van der Waals surface area (Å²) in [4.78, 5) is 12.8. The van der Waals surface area contributed by atoms with Crippen LogP contribution in [-0.4, -0.2) is 89.6 Å². The van der Waals surface area contributed by atoms with E-state index in [1.165, 1.54) is 116 Å². The number of esters is 1. The smallest absolute Gasteiger partial charge is 0.306 e. The van der Waals surface area contributed by atoms with Gasteiger partial charge in [-0.25, -0.2) is 0 Å². The van der Waals surface area contributed by atoms with Gasteiger partial charge in [-0.05, 0) is 70.6 Å². The van der Waals surface area contributed by atoms with Gasteiger partial charge in [0.1, 0.15) is 30.5 Å². The summed E-state index contributed by atoms with van der Waals surface area (Å²) in [5.74, 6) is -0.321. The van der Waals surface area contributed by atoms with Crippen LogP contribution in [-0.2, 0) is 23.7 Å². The van der Waals surface area contributed by atoms with Gasteiger partial charge >= 0.3 is 5.97 Å². The number of unbranched alkanes of at least 4 members (excludes halogenated alkanes) is 21. The maximum atomic E-state index is 12.8. The minimum absolute atomic E-state index is 0.119. The number of hydrogen-bond donors (Lipinski definition) is 4. The highest BCUT2D eigenvalue weighted by Gasteiger charge is 2.44. The highest BCUT2D eigenvalue weighted by atomic mass is 16.7. The Kier molecular flexibility index (Phi) is 37.9. The summed E-state index contributed by atoms with van der Waals surface area (Å²) < 4.78 is 22.8. The molecule has 9 nitrogen and oxygen atoms in total. The van der Waals surface area contributed by atoms with Crippen molar-refractivity contribution < 1.29 is 44.2 Å². The van der Waals surface area contributed by atoms with Crippen LogP contribution in [0.1, 0.15) is 194 Å². The molecule has 0 aliphatic carbocycles. The molecule has 6 atom stereocenters. The number of aliphatic hydroxyl groups is 4. The molecule has 0 aromatic heterocycles. The zero-order chi connectivity index (χ0) is 42.2. The Morgan fingerprint density at radius 2 is 1.05 bits per heavy atom. The van der Waals surface area contributed by atoms with Crippen LogP contribution in [0.5, 0.6) is 0 Å². The lowest BCUT2D eigenvalue weighted by molar-refractivity contribution is -0.305. The molecular weight excluding hydrogens is 733 g/mol. The predicted octanol–water partition coefficient (Wildman–Crippen LogP) is 10.9. The molecule has 1 heterocycles. The zero-order valence-electron chi connectivity index (χ0n) is 37.0. The summed E-state index contributed by atoms with van der Waals surface area (Å²) in [6.45, 7) is 4.43. The second-order valence-electron chi connectivity index (χ2n) is 16.2. The van der Waals surface area contributed by atoms with E-state index in [0.29, 0.717) is 13.0 Å². The van der Waals surface area contributed by atoms with Crippen LogP contribution in [0.3, 0.4) is 0 Å². The first-order valence-electron chi connectivity index (χ1n) is 23.7. The van der Waals surface area contributed by atoms with E-state index in [4.69, 9.17) is 18.9 Å². The summed E-state index contributed by atoms with van der Waals surface area (Å²) in [6, 6.07) is 0. The van der Waals surface area contributed by atoms with Gasteiger partial charge in [0, 0.05) is 13.0 Å². The van der Waals surface area contributed by atoms with Crippen molar-refractivity contribution in [3.8, 4) is 0 Å². The number of aliphatic hydroxyl groups excluding tert-OH is 4. The molecule has 0 aromatic carbocycles. The van der Waals surface area contributed by atoms with Gasteiger partial charge in [0.2, 0.25) is 0 Å². The Labute approximate surface area is 354 Å². The highest BCUT2D eigenvalue weighted by Crippen LogP contribution is 2.22. The third-order valence-electron chi connectivity index (χ3n) is 10.7. The third kappa shape index (κ3) is 31.1. The molecular formula is C49H88O9. The van der Waals surface area contributed by atoms with Crippen molar-refractivity contribution in [1.29, 1.82) is 0 Å². The van der Waals surface area contributed by atoms with Gasteiger partial charge in [-0.1, -0.05) is 165 Å². The van der Waals surface area contributed by atoms with Crippen LogP contribution in [0.2, 0.25) is 0 Å². The number of ether oxygens (including phenoxy) is 4. The Morgan fingerprint density at radius 3 is 1.60 bits per heavy atom. The van der Waals surface area contributed by atoms with Gasteiger partial charge in [0.15, 0.2) is 6.29 Å². The molecule has 9 heteroatoms. The lowest BCUT2D eigenvalue weighted by Crippen LogP contribution is -2.59. The molecule has 1 saturated heterocycles. The molecule has 6 unspecified atom stereocenters. The molecule has 0 aromatic rings. The lowest BCUT2D eigenvalue weighted by atomic mass is 9.99. The summed E-state index contributed by atoms with van der Waals surface area (Å²) in [5, 5.41) is 40.2. The summed E-state index contributed by atoms with van der Waals surface area (Å²) >= 11 is 0. The van der Waals surface area contributed by atoms with Crippen molar-refractivity contribution in [1.82, 2.24) is 0 Å². The van der Waals surface area contributed by atoms with Crippen LogP contribution in [0.25, 0.3) is 0 Å². The second kappa shape index (κ2) is 40.6. The van der Waals surface area contributed by atoms with Crippen molar-refractivity contribution in [3.05, 3.63) is 48.6 Å². The summed E-state index contributed by atoms with van der Waals surface area (Å²) in [7, 11) is 0. The fourth-order valence-electron chi connectivity index (χ4n) is 7.03. The lowest BCUT2D eigenvalue weighted by Gasteiger charge is -2.39. The van der Waals surface area contributed by atoms with E-state index in [1.54, 1.807) is 0 Å². The number of carbonyl (C=O) groups is 1. The Morgan fingerprint density at radius 1 is 0.569 bits per heavy atom. The first kappa shape index (κ1) is 54.2. The fraction of sp³-hybridized carbons (Fsp3) is 0.816. The van der Waals surface area contributed by atoms with Gasteiger partial charge in [-0.2, -0.15) is 0 Å². The second-order valence-corrected chi connectivity index (χ2v) is 16.2. The summed E-state index contributed by atoms with van der Waals surface area (Å²) in [5.41, 5.74) is 0. The van der Waals surface area contributed by atoms with E-state index in [0.717, 1.165) is 57.8 Å². The van der Waals surface area contributed by atoms with Gasteiger partial charge in [-0.3, -0.25) is 4.79 Å². The van der Waals surface area contributed by atoms with Crippen LogP contribution < -0.4 is 0 Å². The summed E-state index contributed by atoms with van der Waals surface area (Å²) in [6.07, 6.45) is 42.8. The molecule has 0 radical (unpaired) electrons. The maximum absolute atomic E-state index is 12.8. The molecule has 1 fully saturated rings. The SMILES string of the molecule is CC/C=C\C/C=C\C/C=C\CCCCCCCCCCOCC(COC1OC(CO)C(O)C(O)C1O)OC(=O)CCCCCCCCC/C=C\CCCCCCCC. The molecule has 0 bridgehead atoms. The van der Waals surface area contributed by atoms with E-state index in [9.17, 15) is 25.2 Å². The average molecular weight is 821 g/mol. The zero-order valence-corrected chi connectivity index (χ0v) is 37.0. The van der Waals surface area contributed by atoms with E-state index >= 15 is 0 Å². The van der Waals surface area contributed by atoms with E-state index in [-0.39, 0.29) is 19.2 Å². The molecule has 1 aliphatic heterocycles. The quantitative estimate of drug-likeness (QED) is 0.0271. The van der Waals surface area contributed by atoms with Crippen molar-refractivity contribution in [2.24, 2.45) is 0 Å². The number of allylic oxidation sites excluding steroid dienone is 8. The fourth-order valence-corrected chi connectivity index (χ4v) is 7.03. The minimum Gasteiger partial charge on any atom is -0.457 e. The van der Waals surface area contributed by atoms with Crippen molar-refractivity contribution in [3.63, 3.8) is 0 Å². The molecule has 0 saturated carbocycles. The van der Waals surface area contributed by atoms with Crippen molar-refractivity contribution >= 4 is 5.97 Å². The van der Waals surface area contributed by atoms with E-state index in [2.05, 4.69) is 62.5 Å². The first-order chi connectivity index (χ1) is 28.4. The van der Waals surface area contributed by atoms with Gasteiger partial charge in [-0.15, -0.1) is 0 Å². The minimum atomic E-state index is -1.54. The monoisotopic (exact) mass is 821 g/mol. The van der Waals surface area contributed by atoms with E-state index < -0.39 is 43.4 Å². The Hall–Kier alpha value is -1.85. The normalized spacial score (nSPS) is 20.7. The van der Waals surface area contributed by atoms with Crippen LogP contribution in [0.15, 0.2) is 48.6 Å². The topological polar surface area (TPSA) is 135 Å². The number of rotatable bonds is 40. The Balaban J connectivity index is 2.25.